The standard InChI is InChI=1S/C15H8Br2O3/c16-8-5-10-13(19)7-14(20-15(10)11(17)6-8)9-3-1-2-4-12(9)18/h1-7,18H. The lowest BCUT2D eigenvalue weighted by molar-refractivity contribution is 0.474. The van der Waals surface area contributed by atoms with Gasteiger partial charge in [-0.25, -0.2) is 0 Å². The van der Waals surface area contributed by atoms with Crippen LogP contribution in [0.2, 0.25) is 0 Å². The maximum absolute atomic E-state index is 12.2. The number of para-hydroxylation sites is 1. The van der Waals surface area contributed by atoms with Crippen molar-refractivity contribution in [2.75, 3.05) is 0 Å². The third kappa shape index (κ3) is 2.27. The zero-order valence-electron chi connectivity index (χ0n) is 10.1. The number of aromatic hydroxyl groups is 1. The van der Waals surface area contributed by atoms with Crippen molar-refractivity contribution >= 4 is 42.8 Å². The molecule has 0 spiro atoms. The van der Waals surface area contributed by atoms with Gasteiger partial charge in [0.05, 0.1) is 15.4 Å². The maximum atomic E-state index is 12.2. The van der Waals surface area contributed by atoms with E-state index in [0.29, 0.717) is 26.8 Å². The molecule has 1 N–H and O–H groups in total. The Morgan fingerprint density at radius 1 is 1.05 bits per heavy atom. The highest BCUT2D eigenvalue weighted by atomic mass is 79.9. The van der Waals surface area contributed by atoms with Gasteiger partial charge in [0, 0.05) is 10.5 Å². The van der Waals surface area contributed by atoms with Crippen LogP contribution in [-0.2, 0) is 0 Å². The minimum Gasteiger partial charge on any atom is -0.507 e. The van der Waals surface area contributed by atoms with Crippen molar-refractivity contribution in [3.05, 3.63) is 61.6 Å². The SMILES string of the molecule is O=c1cc(-c2ccccc2O)oc2c(Br)cc(Br)cc12. The summed E-state index contributed by atoms with van der Waals surface area (Å²) in [6.45, 7) is 0. The molecule has 0 bridgehead atoms. The molecule has 3 aromatic rings. The van der Waals surface area contributed by atoms with Crippen molar-refractivity contribution < 1.29 is 9.52 Å². The van der Waals surface area contributed by atoms with Crippen LogP contribution < -0.4 is 5.43 Å². The third-order valence-corrected chi connectivity index (χ3v) is 3.96. The van der Waals surface area contributed by atoms with Gasteiger partial charge in [0.1, 0.15) is 11.5 Å². The Bertz CT molecular complexity index is 869. The first kappa shape index (κ1) is 13.4. The maximum Gasteiger partial charge on any atom is 0.193 e. The highest BCUT2D eigenvalue weighted by molar-refractivity contribution is 9.11. The molecule has 0 atom stereocenters. The number of halogens is 2. The number of benzene rings is 2. The monoisotopic (exact) mass is 394 g/mol. The van der Waals surface area contributed by atoms with E-state index < -0.39 is 0 Å². The normalized spacial score (nSPS) is 10.9. The fraction of sp³-hybridized carbons (Fsp3) is 0. The number of hydrogen-bond donors (Lipinski definition) is 1. The lowest BCUT2D eigenvalue weighted by atomic mass is 10.1. The summed E-state index contributed by atoms with van der Waals surface area (Å²) in [4.78, 5) is 12.2. The van der Waals surface area contributed by atoms with E-state index in [2.05, 4.69) is 31.9 Å². The molecule has 2 aromatic carbocycles. The van der Waals surface area contributed by atoms with Crippen molar-refractivity contribution in [3.8, 4) is 17.1 Å². The average molecular weight is 396 g/mol. The molecule has 0 aliphatic carbocycles. The molecule has 3 rings (SSSR count). The molecule has 1 heterocycles. The van der Waals surface area contributed by atoms with Gasteiger partial charge in [-0.3, -0.25) is 4.79 Å². The highest BCUT2D eigenvalue weighted by Crippen LogP contribution is 2.33. The highest BCUT2D eigenvalue weighted by Gasteiger charge is 2.12. The first-order valence-corrected chi connectivity index (χ1v) is 7.36. The molecule has 100 valence electrons. The van der Waals surface area contributed by atoms with E-state index in [0.717, 1.165) is 4.47 Å². The Morgan fingerprint density at radius 3 is 2.55 bits per heavy atom. The molecular weight excluding hydrogens is 388 g/mol. The summed E-state index contributed by atoms with van der Waals surface area (Å²) in [5.41, 5.74) is 0.784. The van der Waals surface area contributed by atoms with Gasteiger partial charge >= 0.3 is 0 Å². The van der Waals surface area contributed by atoms with Crippen LogP contribution in [0.3, 0.4) is 0 Å². The summed E-state index contributed by atoms with van der Waals surface area (Å²) in [6, 6.07) is 11.6. The van der Waals surface area contributed by atoms with Crippen LogP contribution in [0.15, 0.2) is 60.6 Å². The molecule has 1 aromatic heterocycles. The van der Waals surface area contributed by atoms with Crippen molar-refractivity contribution in [1.29, 1.82) is 0 Å². The molecule has 0 saturated heterocycles. The van der Waals surface area contributed by atoms with Crippen molar-refractivity contribution in [2.45, 2.75) is 0 Å². The lowest BCUT2D eigenvalue weighted by Crippen LogP contribution is -2.00. The Morgan fingerprint density at radius 2 is 1.80 bits per heavy atom. The average Bonchev–Trinajstić information content (AvgIpc) is 2.40. The molecule has 3 nitrogen and oxygen atoms in total. The summed E-state index contributed by atoms with van der Waals surface area (Å²) < 4.78 is 7.24. The molecule has 0 aliphatic heterocycles. The van der Waals surface area contributed by atoms with Crippen LogP contribution in [0.4, 0.5) is 0 Å². The predicted molar refractivity (Wildman–Crippen MR) is 85.0 cm³/mol. The van der Waals surface area contributed by atoms with Crippen LogP contribution in [0, 0.1) is 0 Å². The molecule has 20 heavy (non-hydrogen) atoms. The second-order valence-electron chi connectivity index (χ2n) is 4.26. The minimum absolute atomic E-state index is 0.0724. The molecule has 5 heteroatoms. The van der Waals surface area contributed by atoms with Crippen LogP contribution >= 0.6 is 31.9 Å². The number of rotatable bonds is 1. The Labute approximate surface area is 131 Å². The molecule has 0 saturated carbocycles. The van der Waals surface area contributed by atoms with Crippen LogP contribution in [0.5, 0.6) is 5.75 Å². The molecule has 0 aliphatic rings. The van der Waals surface area contributed by atoms with Gasteiger partial charge in [-0.1, -0.05) is 28.1 Å². The first-order chi connectivity index (χ1) is 9.56. The van der Waals surface area contributed by atoms with Crippen molar-refractivity contribution in [1.82, 2.24) is 0 Å². The van der Waals surface area contributed by atoms with Crippen molar-refractivity contribution in [2.24, 2.45) is 0 Å². The Balaban J connectivity index is 2.36. The fourth-order valence-corrected chi connectivity index (χ4v) is 3.30. The first-order valence-electron chi connectivity index (χ1n) is 5.77. The smallest absolute Gasteiger partial charge is 0.193 e. The molecule has 0 fully saturated rings. The lowest BCUT2D eigenvalue weighted by Gasteiger charge is -2.06. The summed E-state index contributed by atoms with van der Waals surface area (Å²) in [5, 5.41) is 10.3. The van der Waals surface area contributed by atoms with Crippen molar-refractivity contribution in [3.63, 3.8) is 0 Å². The predicted octanol–water partition coefficient (Wildman–Crippen LogP) is 4.69. The van der Waals surface area contributed by atoms with E-state index in [1.165, 1.54) is 6.07 Å². The van der Waals surface area contributed by atoms with Gasteiger partial charge in [0.2, 0.25) is 0 Å². The van der Waals surface area contributed by atoms with E-state index in [4.69, 9.17) is 4.42 Å². The zero-order chi connectivity index (χ0) is 14.3. The Kier molecular flexibility index (Phi) is 3.40. The van der Waals surface area contributed by atoms with Crippen LogP contribution in [0.25, 0.3) is 22.3 Å². The van der Waals surface area contributed by atoms with Gasteiger partial charge in [0.15, 0.2) is 11.0 Å². The molecule has 0 radical (unpaired) electrons. The summed E-state index contributed by atoms with van der Waals surface area (Å²) in [7, 11) is 0. The van der Waals surface area contributed by atoms with E-state index >= 15 is 0 Å². The Hall–Kier alpha value is -1.59. The van der Waals surface area contributed by atoms with Gasteiger partial charge < -0.3 is 9.52 Å². The number of fused-ring (bicyclic) bond motifs is 1. The van der Waals surface area contributed by atoms with Gasteiger partial charge in [-0.2, -0.15) is 0 Å². The summed E-state index contributed by atoms with van der Waals surface area (Å²) in [5.74, 6) is 0.409. The largest absolute Gasteiger partial charge is 0.507 e. The third-order valence-electron chi connectivity index (χ3n) is 2.92. The zero-order valence-corrected chi connectivity index (χ0v) is 13.2. The second-order valence-corrected chi connectivity index (χ2v) is 6.03. The summed E-state index contributed by atoms with van der Waals surface area (Å²) in [6.07, 6.45) is 0. The second kappa shape index (κ2) is 5.07. The molecular formula is C15H8Br2O3. The van der Waals surface area contributed by atoms with Gasteiger partial charge in [-0.05, 0) is 40.2 Å². The number of phenolic OH excluding ortho intramolecular Hbond substituents is 1. The van der Waals surface area contributed by atoms with Crippen LogP contribution in [-0.4, -0.2) is 5.11 Å². The van der Waals surface area contributed by atoms with E-state index in [9.17, 15) is 9.90 Å². The van der Waals surface area contributed by atoms with E-state index in [1.807, 2.05) is 0 Å². The number of hydrogen-bond acceptors (Lipinski definition) is 3. The van der Waals surface area contributed by atoms with Crippen LogP contribution in [0.1, 0.15) is 0 Å². The minimum atomic E-state index is -0.161. The molecule has 0 unspecified atom stereocenters. The molecule has 0 amide bonds. The topological polar surface area (TPSA) is 50.4 Å². The van der Waals surface area contributed by atoms with Gasteiger partial charge in [0.25, 0.3) is 0 Å². The summed E-state index contributed by atoms with van der Waals surface area (Å²) >= 11 is 6.72. The number of phenols is 1. The quantitative estimate of drug-likeness (QED) is 0.650. The van der Waals surface area contributed by atoms with Gasteiger partial charge in [-0.15, -0.1) is 0 Å². The fourth-order valence-electron chi connectivity index (χ4n) is 2.00. The van der Waals surface area contributed by atoms with E-state index in [-0.39, 0.29) is 11.2 Å². The van der Waals surface area contributed by atoms with E-state index in [1.54, 1.807) is 36.4 Å².